The number of hydrogen-bond donors (Lipinski definition) is 0. The first kappa shape index (κ1) is 10.4. The van der Waals surface area contributed by atoms with E-state index in [4.69, 9.17) is 4.42 Å². The lowest BCUT2D eigenvalue weighted by Crippen LogP contribution is -1.73. The van der Waals surface area contributed by atoms with Crippen LogP contribution in [-0.4, -0.2) is 0 Å². The molecule has 0 spiro atoms. The van der Waals surface area contributed by atoms with Crippen LogP contribution in [0.5, 0.6) is 0 Å². The highest BCUT2D eigenvalue weighted by molar-refractivity contribution is 9.11. The Morgan fingerprint density at radius 2 is 1.69 bits per heavy atom. The van der Waals surface area contributed by atoms with E-state index < -0.39 is 0 Å². The predicted octanol–water partition coefficient (Wildman–Crippen LogP) is 5.42. The van der Waals surface area contributed by atoms with E-state index in [2.05, 4.69) is 57.0 Å². The fourth-order valence-electron chi connectivity index (χ4n) is 1.96. The summed E-state index contributed by atoms with van der Waals surface area (Å²) in [7, 11) is 0. The number of rotatable bonds is 0. The molecule has 2 aromatic carbocycles. The first-order chi connectivity index (χ1) is 7.66. The number of hydrogen-bond acceptors (Lipinski definition) is 1. The molecule has 0 radical (unpaired) electrons. The van der Waals surface area contributed by atoms with Crippen molar-refractivity contribution in [3.05, 3.63) is 44.8 Å². The Hall–Kier alpha value is -0.800. The van der Waals surface area contributed by atoms with Gasteiger partial charge in [-0.05, 0) is 62.5 Å². The SMILES string of the molecule is Cc1cc(Br)c2oc3c(Br)cccc3c2c1. The summed E-state index contributed by atoms with van der Waals surface area (Å²) in [4.78, 5) is 0. The van der Waals surface area contributed by atoms with Crippen molar-refractivity contribution >= 4 is 53.8 Å². The van der Waals surface area contributed by atoms with Gasteiger partial charge in [-0.3, -0.25) is 0 Å². The molecule has 0 bridgehead atoms. The van der Waals surface area contributed by atoms with Crippen LogP contribution < -0.4 is 0 Å². The van der Waals surface area contributed by atoms with Gasteiger partial charge in [0.05, 0.1) is 8.95 Å². The van der Waals surface area contributed by atoms with E-state index in [0.717, 1.165) is 30.9 Å². The molecule has 0 aliphatic rings. The summed E-state index contributed by atoms with van der Waals surface area (Å²) in [5, 5.41) is 2.30. The minimum absolute atomic E-state index is 0.906. The van der Waals surface area contributed by atoms with Crippen LogP contribution in [0, 0.1) is 6.92 Å². The minimum atomic E-state index is 0.906. The summed E-state index contributed by atoms with van der Waals surface area (Å²) in [6.07, 6.45) is 0. The smallest absolute Gasteiger partial charge is 0.149 e. The third-order valence-corrected chi connectivity index (χ3v) is 3.86. The maximum atomic E-state index is 5.88. The van der Waals surface area contributed by atoms with Gasteiger partial charge in [0, 0.05) is 10.8 Å². The molecule has 0 amide bonds. The van der Waals surface area contributed by atoms with Gasteiger partial charge in [-0.15, -0.1) is 0 Å². The zero-order valence-electron chi connectivity index (χ0n) is 8.55. The number of halogens is 2. The van der Waals surface area contributed by atoms with Gasteiger partial charge in [0.1, 0.15) is 11.2 Å². The molecule has 0 atom stereocenters. The summed E-state index contributed by atoms with van der Waals surface area (Å²) in [5.41, 5.74) is 3.04. The normalized spacial score (nSPS) is 11.4. The topological polar surface area (TPSA) is 13.1 Å². The molecule has 16 heavy (non-hydrogen) atoms. The lowest BCUT2D eigenvalue weighted by Gasteiger charge is -1.95. The molecule has 1 aromatic heterocycles. The lowest BCUT2D eigenvalue weighted by molar-refractivity contribution is 0.664. The molecule has 1 nitrogen and oxygen atoms in total. The van der Waals surface area contributed by atoms with Crippen LogP contribution in [-0.2, 0) is 0 Å². The van der Waals surface area contributed by atoms with Crippen molar-refractivity contribution in [2.45, 2.75) is 6.92 Å². The molecule has 3 rings (SSSR count). The number of furan rings is 1. The molecule has 80 valence electrons. The van der Waals surface area contributed by atoms with Crippen molar-refractivity contribution < 1.29 is 4.42 Å². The van der Waals surface area contributed by atoms with E-state index in [1.807, 2.05) is 12.1 Å². The fraction of sp³-hybridized carbons (Fsp3) is 0.0769. The largest absolute Gasteiger partial charge is 0.454 e. The third-order valence-electron chi connectivity index (χ3n) is 2.65. The standard InChI is InChI=1S/C13H8Br2O/c1-7-5-9-8-3-2-4-10(14)12(8)16-13(9)11(15)6-7/h2-6H,1H3. The second-order valence-electron chi connectivity index (χ2n) is 3.84. The molecule has 1 heterocycles. The fourth-order valence-corrected chi connectivity index (χ4v) is 3.06. The summed E-state index contributed by atoms with van der Waals surface area (Å²) in [6.45, 7) is 2.08. The highest BCUT2D eigenvalue weighted by Crippen LogP contribution is 2.37. The molecule has 0 saturated heterocycles. The Labute approximate surface area is 110 Å². The lowest BCUT2D eigenvalue weighted by atomic mass is 10.1. The number of fused-ring (bicyclic) bond motifs is 3. The van der Waals surface area contributed by atoms with Crippen molar-refractivity contribution in [3.63, 3.8) is 0 Å². The Morgan fingerprint density at radius 3 is 2.50 bits per heavy atom. The molecular formula is C13H8Br2O. The van der Waals surface area contributed by atoms with Gasteiger partial charge in [0.15, 0.2) is 0 Å². The molecule has 3 aromatic rings. The molecule has 0 unspecified atom stereocenters. The molecule has 0 fully saturated rings. The monoisotopic (exact) mass is 338 g/mol. The van der Waals surface area contributed by atoms with Gasteiger partial charge in [0.25, 0.3) is 0 Å². The van der Waals surface area contributed by atoms with Crippen molar-refractivity contribution in [1.82, 2.24) is 0 Å². The highest BCUT2D eigenvalue weighted by Gasteiger charge is 2.11. The Morgan fingerprint density at radius 1 is 0.938 bits per heavy atom. The molecule has 3 heteroatoms. The van der Waals surface area contributed by atoms with Crippen molar-refractivity contribution in [2.24, 2.45) is 0 Å². The Kier molecular flexibility index (Phi) is 2.33. The second-order valence-corrected chi connectivity index (χ2v) is 5.55. The van der Waals surface area contributed by atoms with E-state index in [1.54, 1.807) is 0 Å². The van der Waals surface area contributed by atoms with E-state index >= 15 is 0 Å². The first-order valence-corrected chi connectivity index (χ1v) is 6.52. The number of aryl methyl sites for hydroxylation is 1. The van der Waals surface area contributed by atoms with E-state index in [-0.39, 0.29) is 0 Å². The van der Waals surface area contributed by atoms with E-state index in [0.29, 0.717) is 0 Å². The van der Waals surface area contributed by atoms with Crippen LogP contribution in [0.4, 0.5) is 0 Å². The van der Waals surface area contributed by atoms with Crippen LogP contribution >= 0.6 is 31.9 Å². The maximum absolute atomic E-state index is 5.88. The molecule has 0 aliphatic heterocycles. The Balaban J connectivity index is 2.61. The van der Waals surface area contributed by atoms with Crippen LogP contribution in [0.2, 0.25) is 0 Å². The molecule has 0 aliphatic carbocycles. The first-order valence-electron chi connectivity index (χ1n) is 4.93. The Bertz CT molecular complexity index is 698. The van der Waals surface area contributed by atoms with Gasteiger partial charge in [-0.1, -0.05) is 12.1 Å². The molecule has 0 saturated carbocycles. The quantitative estimate of drug-likeness (QED) is 0.533. The van der Waals surface area contributed by atoms with Crippen LogP contribution in [0.3, 0.4) is 0 Å². The van der Waals surface area contributed by atoms with Gasteiger partial charge in [-0.2, -0.15) is 0 Å². The second kappa shape index (κ2) is 3.60. The van der Waals surface area contributed by atoms with Crippen LogP contribution in [0.25, 0.3) is 21.9 Å². The van der Waals surface area contributed by atoms with Crippen molar-refractivity contribution in [3.8, 4) is 0 Å². The molecular weight excluding hydrogens is 332 g/mol. The minimum Gasteiger partial charge on any atom is -0.454 e. The average Bonchev–Trinajstić information content (AvgIpc) is 2.59. The summed E-state index contributed by atoms with van der Waals surface area (Å²) in [5.74, 6) is 0. The van der Waals surface area contributed by atoms with Crippen LogP contribution in [0.1, 0.15) is 5.56 Å². The number of benzene rings is 2. The van der Waals surface area contributed by atoms with Gasteiger partial charge < -0.3 is 4.42 Å². The van der Waals surface area contributed by atoms with E-state index in [9.17, 15) is 0 Å². The predicted molar refractivity (Wildman–Crippen MR) is 73.9 cm³/mol. The third kappa shape index (κ3) is 1.42. The maximum Gasteiger partial charge on any atom is 0.149 e. The summed E-state index contributed by atoms with van der Waals surface area (Å²) in [6, 6.07) is 10.3. The van der Waals surface area contributed by atoms with Gasteiger partial charge in [-0.25, -0.2) is 0 Å². The van der Waals surface area contributed by atoms with Gasteiger partial charge in [0.2, 0.25) is 0 Å². The summed E-state index contributed by atoms with van der Waals surface area (Å²) >= 11 is 7.05. The van der Waals surface area contributed by atoms with Gasteiger partial charge >= 0.3 is 0 Å². The highest BCUT2D eigenvalue weighted by atomic mass is 79.9. The van der Waals surface area contributed by atoms with Crippen molar-refractivity contribution in [1.29, 1.82) is 0 Å². The zero-order chi connectivity index (χ0) is 11.3. The number of para-hydroxylation sites is 1. The average molecular weight is 340 g/mol. The van der Waals surface area contributed by atoms with E-state index in [1.165, 1.54) is 5.56 Å². The summed E-state index contributed by atoms with van der Waals surface area (Å²) < 4.78 is 7.87. The molecule has 0 N–H and O–H groups in total. The van der Waals surface area contributed by atoms with Crippen molar-refractivity contribution in [2.75, 3.05) is 0 Å². The van der Waals surface area contributed by atoms with Crippen LogP contribution in [0.15, 0.2) is 43.7 Å². The zero-order valence-corrected chi connectivity index (χ0v) is 11.7.